The lowest BCUT2D eigenvalue weighted by atomic mass is 10.2. The number of sulfonamides is 1. The van der Waals surface area contributed by atoms with Gasteiger partial charge in [0.25, 0.3) is 0 Å². The van der Waals surface area contributed by atoms with Crippen molar-refractivity contribution in [3.05, 3.63) is 42.0 Å². The minimum atomic E-state index is -3.88. The van der Waals surface area contributed by atoms with E-state index < -0.39 is 16.1 Å². The highest BCUT2D eigenvalue weighted by molar-refractivity contribution is 7.89. The van der Waals surface area contributed by atoms with Crippen molar-refractivity contribution < 1.29 is 22.7 Å². The predicted octanol–water partition coefficient (Wildman–Crippen LogP) is 1.17. The summed E-state index contributed by atoms with van der Waals surface area (Å²) in [7, 11) is 0.255. The Labute approximate surface area is 145 Å². The first-order chi connectivity index (χ1) is 11.8. The third-order valence-corrected chi connectivity index (χ3v) is 4.33. The Morgan fingerprint density at radius 2 is 1.68 bits per heavy atom. The Kier molecular flexibility index (Phi) is 5.75. The molecule has 0 aliphatic heterocycles. The third-order valence-electron chi connectivity index (χ3n) is 3.13. The van der Waals surface area contributed by atoms with Gasteiger partial charge in [-0.2, -0.15) is 9.97 Å². The number of carbonyl (C=O) groups excluding carboxylic acids is 1. The van der Waals surface area contributed by atoms with Gasteiger partial charge in [0.1, 0.15) is 0 Å². The monoisotopic (exact) mass is 366 g/mol. The van der Waals surface area contributed by atoms with Crippen molar-refractivity contribution in [2.45, 2.75) is 5.75 Å². The molecule has 0 radical (unpaired) electrons. The van der Waals surface area contributed by atoms with Crippen LogP contribution in [0.3, 0.4) is 0 Å². The van der Waals surface area contributed by atoms with Crippen LogP contribution >= 0.6 is 0 Å². The van der Waals surface area contributed by atoms with Crippen LogP contribution < -0.4 is 19.1 Å². The fourth-order valence-electron chi connectivity index (χ4n) is 1.87. The van der Waals surface area contributed by atoms with E-state index in [-0.39, 0.29) is 23.5 Å². The van der Waals surface area contributed by atoms with Crippen LogP contribution in [0.25, 0.3) is 0 Å². The average molecular weight is 366 g/mol. The van der Waals surface area contributed by atoms with E-state index >= 15 is 0 Å². The van der Waals surface area contributed by atoms with Gasteiger partial charge in [0, 0.05) is 7.05 Å². The number of benzene rings is 1. The van der Waals surface area contributed by atoms with Gasteiger partial charge >= 0.3 is 6.03 Å². The van der Waals surface area contributed by atoms with Gasteiger partial charge in [-0.1, -0.05) is 30.3 Å². The smallest absolute Gasteiger partial charge is 0.337 e. The highest BCUT2D eigenvalue weighted by Crippen LogP contribution is 2.19. The molecular formula is C15H18N4O5S. The van der Waals surface area contributed by atoms with Crippen molar-refractivity contribution in [3.63, 3.8) is 0 Å². The molecule has 0 atom stereocenters. The minimum absolute atomic E-state index is 0.0661. The number of hydrogen-bond acceptors (Lipinski definition) is 7. The normalized spacial score (nSPS) is 10.8. The second-order valence-corrected chi connectivity index (χ2v) is 6.69. The molecule has 1 aromatic carbocycles. The van der Waals surface area contributed by atoms with Gasteiger partial charge in [-0.15, -0.1) is 0 Å². The SMILES string of the molecule is COc1cc(OC)nc(N(C)C(=O)NS(=O)(=O)Cc2ccccc2)n1. The van der Waals surface area contributed by atoms with Crippen LogP contribution in [0, 0.1) is 0 Å². The van der Waals surface area contributed by atoms with Gasteiger partial charge in [-0.05, 0) is 5.56 Å². The molecule has 0 unspecified atom stereocenters. The number of hydrogen-bond donors (Lipinski definition) is 1. The van der Waals surface area contributed by atoms with Crippen molar-refractivity contribution in [2.75, 3.05) is 26.2 Å². The van der Waals surface area contributed by atoms with Gasteiger partial charge in [0.2, 0.25) is 27.7 Å². The van der Waals surface area contributed by atoms with Crippen molar-refractivity contribution in [1.82, 2.24) is 14.7 Å². The fraction of sp³-hybridized carbons (Fsp3) is 0.267. The summed E-state index contributed by atoms with van der Waals surface area (Å²) in [4.78, 5) is 21.2. The van der Waals surface area contributed by atoms with Gasteiger partial charge in [-0.3, -0.25) is 4.90 Å². The Bertz CT molecular complexity index is 820. The van der Waals surface area contributed by atoms with Gasteiger partial charge < -0.3 is 9.47 Å². The summed E-state index contributed by atoms with van der Waals surface area (Å²) < 4.78 is 36.3. The number of nitrogens with one attached hydrogen (secondary N) is 1. The molecule has 0 bridgehead atoms. The Morgan fingerprint density at radius 1 is 1.12 bits per heavy atom. The third kappa shape index (κ3) is 5.05. The maximum atomic E-state index is 12.2. The summed E-state index contributed by atoms with van der Waals surface area (Å²) >= 11 is 0. The molecule has 25 heavy (non-hydrogen) atoms. The first kappa shape index (κ1) is 18.5. The molecule has 0 saturated carbocycles. The van der Waals surface area contributed by atoms with Crippen LogP contribution in [0.4, 0.5) is 10.7 Å². The lowest BCUT2D eigenvalue weighted by Crippen LogP contribution is -2.42. The molecule has 2 amide bonds. The number of amides is 2. The lowest BCUT2D eigenvalue weighted by molar-refractivity contribution is 0.251. The zero-order valence-corrected chi connectivity index (χ0v) is 14.8. The molecule has 1 aromatic heterocycles. The molecule has 134 valence electrons. The summed E-state index contributed by atoms with van der Waals surface area (Å²) in [6.45, 7) is 0. The highest BCUT2D eigenvalue weighted by Gasteiger charge is 2.22. The summed E-state index contributed by atoms with van der Waals surface area (Å²) in [6, 6.07) is 9.06. The summed E-state index contributed by atoms with van der Waals surface area (Å²) in [6.07, 6.45) is 0. The number of nitrogens with zero attached hydrogens (tertiary/aromatic N) is 3. The molecule has 9 nitrogen and oxygen atoms in total. The van der Waals surface area contributed by atoms with E-state index in [1.54, 1.807) is 30.3 Å². The number of anilines is 1. The second kappa shape index (κ2) is 7.79. The van der Waals surface area contributed by atoms with Crippen molar-refractivity contribution in [3.8, 4) is 11.8 Å². The summed E-state index contributed by atoms with van der Waals surface area (Å²) in [5.74, 6) is -0.0405. The molecule has 10 heteroatoms. The average Bonchev–Trinajstić information content (AvgIpc) is 2.60. The van der Waals surface area contributed by atoms with Gasteiger partial charge in [0.05, 0.1) is 26.0 Å². The summed E-state index contributed by atoms with van der Waals surface area (Å²) in [5.41, 5.74) is 0.560. The lowest BCUT2D eigenvalue weighted by Gasteiger charge is -2.17. The maximum Gasteiger partial charge on any atom is 0.337 e. The second-order valence-electron chi connectivity index (χ2n) is 4.96. The van der Waals surface area contributed by atoms with Gasteiger partial charge in [-0.25, -0.2) is 17.9 Å². The van der Waals surface area contributed by atoms with Crippen LogP contribution in [-0.2, 0) is 15.8 Å². The molecule has 0 spiro atoms. The first-order valence-electron chi connectivity index (χ1n) is 7.14. The molecule has 2 rings (SSSR count). The van der Waals surface area contributed by atoms with E-state index in [0.29, 0.717) is 5.56 Å². The van der Waals surface area contributed by atoms with Gasteiger partial charge in [0.15, 0.2) is 0 Å². The highest BCUT2D eigenvalue weighted by atomic mass is 32.2. The Hall–Kier alpha value is -2.88. The van der Waals surface area contributed by atoms with Crippen LogP contribution in [-0.4, -0.2) is 45.7 Å². The number of carbonyl (C=O) groups is 1. The van der Waals surface area contributed by atoms with E-state index in [1.165, 1.54) is 27.3 Å². The summed E-state index contributed by atoms with van der Waals surface area (Å²) in [5, 5.41) is 0. The molecule has 0 fully saturated rings. The molecule has 0 aliphatic rings. The number of rotatable bonds is 6. The number of ether oxygens (including phenoxy) is 2. The van der Waals surface area contributed by atoms with E-state index in [0.717, 1.165) is 4.90 Å². The molecule has 1 heterocycles. The van der Waals surface area contributed by atoms with Crippen LogP contribution in [0.15, 0.2) is 36.4 Å². The van der Waals surface area contributed by atoms with E-state index in [4.69, 9.17) is 9.47 Å². The van der Waals surface area contributed by atoms with Crippen LogP contribution in [0.2, 0.25) is 0 Å². The zero-order valence-electron chi connectivity index (χ0n) is 14.0. The molecule has 2 aromatic rings. The molecule has 0 saturated heterocycles. The zero-order chi connectivity index (χ0) is 18.4. The standard InChI is InChI=1S/C15H18N4O5S/c1-19(14-16-12(23-2)9-13(17-14)24-3)15(20)18-25(21,22)10-11-7-5-4-6-8-11/h4-9H,10H2,1-3H3,(H,18,20). The van der Waals surface area contributed by atoms with Crippen molar-refractivity contribution in [1.29, 1.82) is 0 Å². The number of aromatic nitrogens is 2. The first-order valence-corrected chi connectivity index (χ1v) is 8.79. The molecule has 0 aliphatic carbocycles. The quantitative estimate of drug-likeness (QED) is 0.817. The predicted molar refractivity (Wildman–Crippen MR) is 91.1 cm³/mol. The Morgan fingerprint density at radius 3 is 2.20 bits per heavy atom. The Balaban J connectivity index is 2.14. The van der Waals surface area contributed by atoms with Crippen molar-refractivity contribution >= 4 is 22.0 Å². The fourth-order valence-corrected chi connectivity index (χ4v) is 2.98. The molecule has 1 N–H and O–H groups in total. The maximum absolute atomic E-state index is 12.2. The topological polar surface area (TPSA) is 111 Å². The van der Waals surface area contributed by atoms with Crippen LogP contribution in [0.5, 0.6) is 11.8 Å². The van der Waals surface area contributed by atoms with Crippen LogP contribution in [0.1, 0.15) is 5.56 Å². The van der Waals surface area contributed by atoms with E-state index in [2.05, 4.69) is 9.97 Å². The number of urea groups is 1. The molecular weight excluding hydrogens is 348 g/mol. The number of methoxy groups -OCH3 is 2. The van der Waals surface area contributed by atoms with E-state index in [9.17, 15) is 13.2 Å². The largest absolute Gasteiger partial charge is 0.481 e. The van der Waals surface area contributed by atoms with E-state index in [1.807, 2.05) is 4.72 Å². The minimum Gasteiger partial charge on any atom is -0.481 e. The van der Waals surface area contributed by atoms with Crippen molar-refractivity contribution in [2.24, 2.45) is 0 Å².